The lowest BCUT2D eigenvalue weighted by Gasteiger charge is -2.17. The Morgan fingerprint density at radius 1 is 1.00 bits per heavy atom. The van der Waals surface area contributed by atoms with Crippen LogP contribution in [-0.2, 0) is 6.42 Å². The van der Waals surface area contributed by atoms with Gasteiger partial charge in [-0.25, -0.2) is 23.1 Å². The van der Waals surface area contributed by atoms with E-state index in [1.165, 1.54) is 0 Å². The third kappa shape index (κ3) is 5.58. The molecular formula is C11H11ClO5. The Morgan fingerprint density at radius 2 is 1.59 bits per heavy atom. The molecule has 0 aliphatic heterocycles. The molecule has 0 saturated heterocycles. The monoisotopic (exact) mass is 258 g/mol. The van der Waals surface area contributed by atoms with Gasteiger partial charge in [0.05, 0.1) is 11.8 Å². The van der Waals surface area contributed by atoms with Crippen molar-refractivity contribution in [2.45, 2.75) is 13.3 Å². The summed E-state index contributed by atoms with van der Waals surface area (Å²) in [4.78, 5) is 0. The average Bonchev–Trinajstić information content (AvgIpc) is 2.26. The van der Waals surface area contributed by atoms with Crippen LogP contribution in [0.4, 0.5) is 0 Å². The Hall–Kier alpha value is -1.24. The van der Waals surface area contributed by atoms with Gasteiger partial charge >= 0.3 is 11.3 Å². The van der Waals surface area contributed by atoms with Crippen LogP contribution in [0.2, 0.25) is 0 Å². The molecular weight excluding hydrogens is 248 g/mol. The van der Waals surface area contributed by atoms with Gasteiger partial charge in [0.1, 0.15) is 0 Å². The summed E-state index contributed by atoms with van der Waals surface area (Å²) >= 11 is 0. The number of para-hydroxylation sites is 1. The zero-order chi connectivity index (χ0) is 12.9. The molecule has 92 valence electrons. The standard InChI is InChI=1S/C11H11O.ClHO4/c1-2-10-8-7-9-5-3-4-6-11(9)12-10;2-1(3,4)5/h3-8H,2H2,1H3;(H,2,3,4,5)/q+1;/p-1. The van der Waals surface area contributed by atoms with E-state index in [-0.39, 0.29) is 0 Å². The van der Waals surface area contributed by atoms with E-state index in [0.29, 0.717) is 0 Å². The fourth-order valence-electron chi connectivity index (χ4n) is 1.26. The van der Waals surface area contributed by atoms with Gasteiger partial charge in [-0.2, -0.15) is 0 Å². The molecule has 2 rings (SSSR count). The second-order valence-corrected chi connectivity index (χ2v) is 3.93. The fourth-order valence-corrected chi connectivity index (χ4v) is 1.26. The van der Waals surface area contributed by atoms with Crippen LogP contribution in [0.5, 0.6) is 0 Å². The van der Waals surface area contributed by atoms with E-state index in [9.17, 15) is 0 Å². The normalized spacial score (nSPS) is 10.9. The van der Waals surface area contributed by atoms with Crippen molar-refractivity contribution < 1.29 is 33.3 Å². The van der Waals surface area contributed by atoms with Crippen LogP contribution in [0.3, 0.4) is 0 Å². The first-order valence-corrected chi connectivity index (χ1v) is 6.06. The highest BCUT2D eigenvalue weighted by Gasteiger charge is 2.07. The largest absolute Gasteiger partial charge is 0.360 e. The molecule has 0 unspecified atom stereocenters. The van der Waals surface area contributed by atoms with Crippen molar-refractivity contribution in [3.05, 3.63) is 42.2 Å². The molecule has 17 heavy (non-hydrogen) atoms. The minimum Gasteiger partial charge on any atom is -0.222 e. The Morgan fingerprint density at radius 3 is 2.18 bits per heavy atom. The van der Waals surface area contributed by atoms with E-state index in [0.717, 1.165) is 23.2 Å². The van der Waals surface area contributed by atoms with E-state index in [4.69, 9.17) is 23.1 Å². The number of fused-ring (bicyclic) bond motifs is 1. The molecule has 5 nitrogen and oxygen atoms in total. The second-order valence-electron chi connectivity index (χ2n) is 3.17. The molecule has 0 fully saturated rings. The molecule has 0 N–H and O–H groups in total. The molecule has 2 aromatic rings. The predicted octanol–water partition coefficient (Wildman–Crippen LogP) is -1.48. The Kier molecular flexibility index (Phi) is 4.80. The SMILES string of the molecule is CCc1ccc2ccccc2[o+]1.[O-][Cl+3]([O-])([O-])[O-]. The van der Waals surface area contributed by atoms with Gasteiger partial charge in [0, 0.05) is 12.1 Å². The lowest BCUT2D eigenvalue weighted by atomic mass is 10.2. The molecule has 0 bridgehead atoms. The van der Waals surface area contributed by atoms with Crippen LogP contribution >= 0.6 is 0 Å². The van der Waals surface area contributed by atoms with E-state index in [2.05, 4.69) is 19.1 Å². The lowest BCUT2D eigenvalue weighted by Crippen LogP contribution is -2.68. The number of hydrogen-bond donors (Lipinski definition) is 0. The topological polar surface area (TPSA) is 104 Å². The minimum atomic E-state index is -4.94. The van der Waals surface area contributed by atoms with Gasteiger partial charge in [0.25, 0.3) is 0 Å². The summed E-state index contributed by atoms with van der Waals surface area (Å²) in [7, 11) is -4.94. The molecule has 0 amide bonds. The maximum Gasteiger partial charge on any atom is 0.360 e. The highest BCUT2D eigenvalue weighted by atomic mass is 35.7. The average molecular weight is 259 g/mol. The Bertz CT molecular complexity index is 474. The molecule has 0 saturated carbocycles. The third-order valence-electron chi connectivity index (χ3n) is 1.96. The molecule has 1 aromatic heterocycles. The number of hydrogen-bond acceptors (Lipinski definition) is 4. The quantitative estimate of drug-likeness (QED) is 0.580. The third-order valence-corrected chi connectivity index (χ3v) is 1.96. The van der Waals surface area contributed by atoms with Gasteiger partial charge in [-0.15, -0.1) is 10.2 Å². The summed E-state index contributed by atoms with van der Waals surface area (Å²) in [5.41, 5.74) is 0.969. The smallest absolute Gasteiger partial charge is 0.222 e. The number of aryl methyl sites for hydroxylation is 1. The first-order valence-electron chi connectivity index (χ1n) is 4.82. The van der Waals surface area contributed by atoms with Crippen LogP contribution in [0.15, 0.2) is 40.8 Å². The summed E-state index contributed by atoms with van der Waals surface area (Å²) in [6, 6.07) is 12.2. The number of benzene rings is 1. The van der Waals surface area contributed by atoms with Gasteiger partial charge in [0.15, 0.2) is 0 Å². The van der Waals surface area contributed by atoms with Gasteiger partial charge in [-0.3, -0.25) is 0 Å². The van der Waals surface area contributed by atoms with Crippen molar-refractivity contribution in [2.75, 3.05) is 0 Å². The summed E-state index contributed by atoms with van der Waals surface area (Å²) in [6.07, 6.45) is 0.949. The first-order chi connectivity index (χ1) is 7.90. The predicted molar refractivity (Wildman–Crippen MR) is 50.0 cm³/mol. The Labute approximate surface area is 100 Å². The summed E-state index contributed by atoms with van der Waals surface area (Å²) in [6.45, 7) is 2.09. The summed E-state index contributed by atoms with van der Waals surface area (Å²) < 4.78 is 39.6. The first kappa shape index (κ1) is 13.8. The molecule has 1 aromatic carbocycles. The van der Waals surface area contributed by atoms with E-state index in [1.807, 2.05) is 24.3 Å². The number of halogens is 1. The zero-order valence-electron chi connectivity index (χ0n) is 9.09. The van der Waals surface area contributed by atoms with E-state index >= 15 is 0 Å². The molecule has 0 aliphatic carbocycles. The fraction of sp³-hybridized carbons (Fsp3) is 0.182. The van der Waals surface area contributed by atoms with Crippen LogP contribution < -0.4 is 18.6 Å². The van der Waals surface area contributed by atoms with Gasteiger partial charge in [-0.1, -0.05) is 19.1 Å². The zero-order valence-corrected chi connectivity index (χ0v) is 9.85. The molecule has 1 heterocycles. The van der Waals surface area contributed by atoms with E-state index < -0.39 is 10.2 Å². The van der Waals surface area contributed by atoms with Crippen molar-refractivity contribution in [1.29, 1.82) is 0 Å². The van der Waals surface area contributed by atoms with Crippen LogP contribution in [0.1, 0.15) is 12.7 Å². The van der Waals surface area contributed by atoms with Gasteiger partial charge in [0.2, 0.25) is 0 Å². The van der Waals surface area contributed by atoms with Gasteiger partial charge in [-0.05, 0) is 12.1 Å². The molecule has 6 heteroatoms. The Balaban J connectivity index is 0.000000249. The number of rotatable bonds is 1. The van der Waals surface area contributed by atoms with Crippen LogP contribution in [0.25, 0.3) is 11.0 Å². The highest BCUT2D eigenvalue weighted by molar-refractivity contribution is 5.76. The molecule has 0 spiro atoms. The maximum absolute atomic E-state index is 8.49. The van der Waals surface area contributed by atoms with Crippen molar-refractivity contribution in [1.82, 2.24) is 0 Å². The molecule has 0 atom stereocenters. The van der Waals surface area contributed by atoms with Crippen molar-refractivity contribution >= 4 is 11.0 Å². The molecule has 0 radical (unpaired) electrons. The van der Waals surface area contributed by atoms with Crippen molar-refractivity contribution in [3.63, 3.8) is 0 Å². The maximum atomic E-state index is 8.49. The lowest BCUT2D eigenvalue weighted by molar-refractivity contribution is -2.00. The summed E-state index contributed by atoms with van der Waals surface area (Å²) in [5, 5.41) is 1.16. The van der Waals surface area contributed by atoms with Crippen LogP contribution in [-0.4, -0.2) is 0 Å². The van der Waals surface area contributed by atoms with Crippen molar-refractivity contribution in [3.8, 4) is 0 Å². The van der Waals surface area contributed by atoms with Crippen LogP contribution in [0, 0.1) is 10.2 Å². The minimum absolute atomic E-state index is 0.949. The second kappa shape index (κ2) is 5.90. The van der Waals surface area contributed by atoms with Gasteiger partial charge < -0.3 is 0 Å². The highest BCUT2D eigenvalue weighted by Crippen LogP contribution is 2.15. The van der Waals surface area contributed by atoms with Crippen molar-refractivity contribution in [2.24, 2.45) is 0 Å². The van der Waals surface area contributed by atoms with E-state index in [1.54, 1.807) is 0 Å². The summed E-state index contributed by atoms with van der Waals surface area (Å²) in [5.74, 6) is 1.04. The molecule has 0 aliphatic rings.